The fourth-order valence-corrected chi connectivity index (χ4v) is 4.45. The number of para-hydroxylation sites is 1. The molecule has 0 aliphatic rings. The van der Waals surface area contributed by atoms with Crippen molar-refractivity contribution in [2.45, 2.75) is 11.7 Å². The summed E-state index contributed by atoms with van der Waals surface area (Å²) in [6.45, 7) is 0.215. The number of thiazole rings is 1. The Bertz CT molecular complexity index is 1220. The number of nitrogens with one attached hydrogen (secondary N) is 2. The van der Waals surface area contributed by atoms with Crippen molar-refractivity contribution in [1.29, 1.82) is 0 Å². The molecule has 0 saturated heterocycles. The lowest BCUT2D eigenvalue weighted by atomic mass is 10.2. The van der Waals surface area contributed by atoms with Gasteiger partial charge in [-0.3, -0.25) is 9.59 Å². The minimum Gasteiger partial charge on any atom is -0.497 e. The van der Waals surface area contributed by atoms with E-state index in [1.54, 1.807) is 43.0 Å². The maximum atomic E-state index is 12.3. The lowest BCUT2D eigenvalue weighted by Gasteiger charge is -2.07. The summed E-state index contributed by atoms with van der Waals surface area (Å²) in [7, 11) is 3.37. The van der Waals surface area contributed by atoms with Gasteiger partial charge in [-0.05, 0) is 36.4 Å². The number of amides is 2. The number of fused-ring (bicyclic) bond motifs is 1. The Labute approximate surface area is 192 Å². The topological polar surface area (TPSA) is 111 Å². The Morgan fingerprint density at radius 2 is 1.91 bits per heavy atom. The fourth-order valence-electron chi connectivity index (χ4n) is 2.84. The Morgan fingerprint density at radius 3 is 2.66 bits per heavy atom. The second-order valence-electron chi connectivity index (χ2n) is 6.69. The monoisotopic (exact) mass is 468 g/mol. The molecule has 2 amide bonds. The SMILES string of the molecule is COc1ccc(C(=O)NCc2nnc(SCC(=O)Nc3nc4ccccc4s3)n2C)cc1. The molecule has 2 aromatic heterocycles. The highest BCUT2D eigenvalue weighted by molar-refractivity contribution is 7.99. The van der Waals surface area contributed by atoms with Gasteiger partial charge in [0.25, 0.3) is 5.91 Å². The number of methoxy groups -OCH3 is 1. The van der Waals surface area contributed by atoms with E-state index in [1.807, 2.05) is 24.3 Å². The van der Waals surface area contributed by atoms with Crippen molar-refractivity contribution in [3.63, 3.8) is 0 Å². The molecule has 0 fully saturated rings. The first-order valence-corrected chi connectivity index (χ1v) is 11.4. The second kappa shape index (κ2) is 9.79. The van der Waals surface area contributed by atoms with Gasteiger partial charge in [0.2, 0.25) is 5.91 Å². The van der Waals surface area contributed by atoms with Crippen LogP contribution in [0, 0.1) is 0 Å². The van der Waals surface area contributed by atoms with E-state index < -0.39 is 0 Å². The smallest absolute Gasteiger partial charge is 0.251 e. The molecular weight excluding hydrogens is 448 g/mol. The largest absolute Gasteiger partial charge is 0.497 e. The summed E-state index contributed by atoms with van der Waals surface area (Å²) in [6.07, 6.45) is 0. The first-order valence-electron chi connectivity index (χ1n) is 9.62. The third-order valence-electron chi connectivity index (χ3n) is 4.56. The molecule has 32 heavy (non-hydrogen) atoms. The van der Waals surface area contributed by atoms with Crippen molar-refractivity contribution in [3.05, 3.63) is 59.9 Å². The van der Waals surface area contributed by atoms with Crippen LogP contribution in [0.1, 0.15) is 16.2 Å². The van der Waals surface area contributed by atoms with Gasteiger partial charge >= 0.3 is 0 Å². The molecule has 164 valence electrons. The van der Waals surface area contributed by atoms with E-state index in [4.69, 9.17) is 4.74 Å². The number of ether oxygens (including phenoxy) is 1. The Balaban J connectivity index is 1.29. The van der Waals surface area contributed by atoms with Crippen LogP contribution in [-0.4, -0.2) is 44.4 Å². The lowest BCUT2D eigenvalue weighted by molar-refractivity contribution is -0.113. The van der Waals surface area contributed by atoms with E-state index in [1.165, 1.54) is 23.1 Å². The highest BCUT2D eigenvalue weighted by Gasteiger charge is 2.14. The molecule has 0 bridgehead atoms. The summed E-state index contributed by atoms with van der Waals surface area (Å²) in [4.78, 5) is 29.0. The number of carbonyl (C=O) groups is 2. The zero-order valence-electron chi connectivity index (χ0n) is 17.4. The second-order valence-corrected chi connectivity index (χ2v) is 8.67. The van der Waals surface area contributed by atoms with Crippen LogP contribution in [0.3, 0.4) is 0 Å². The van der Waals surface area contributed by atoms with Crippen molar-refractivity contribution < 1.29 is 14.3 Å². The maximum Gasteiger partial charge on any atom is 0.251 e. The summed E-state index contributed by atoms with van der Waals surface area (Å²) in [6, 6.07) is 14.6. The highest BCUT2D eigenvalue weighted by Crippen LogP contribution is 2.25. The molecule has 0 radical (unpaired) electrons. The normalized spacial score (nSPS) is 10.8. The van der Waals surface area contributed by atoms with Crippen LogP contribution in [0.25, 0.3) is 10.2 Å². The minimum atomic E-state index is -0.222. The lowest BCUT2D eigenvalue weighted by Crippen LogP contribution is -2.24. The van der Waals surface area contributed by atoms with Gasteiger partial charge in [0.1, 0.15) is 5.75 Å². The highest BCUT2D eigenvalue weighted by atomic mass is 32.2. The number of hydrogen-bond donors (Lipinski definition) is 2. The van der Waals surface area contributed by atoms with Gasteiger partial charge in [-0.15, -0.1) is 10.2 Å². The van der Waals surface area contributed by atoms with Crippen LogP contribution in [0.4, 0.5) is 5.13 Å². The van der Waals surface area contributed by atoms with Gasteiger partial charge in [0, 0.05) is 12.6 Å². The van der Waals surface area contributed by atoms with Gasteiger partial charge in [-0.1, -0.05) is 35.2 Å². The van der Waals surface area contributed by atoms with Crippen LogP contribution in [0.5, 0.6) is 5.75 Å². The van der Waals surface area contributed by atoms with Gasteiger partial charge in [-0.2, -0.15) is 0 Å². The number of hydrogen-bond acceptors (Lipinski definition) is 8. The number of carbonyl (C=O) groups excluding carboxylic acids is 2. The zero-order chi connectivity index (χ0) is 22.5. The molecule has 4 rings (SSSR count). The van der Waals surface area contributed by atoms with Gasteiger partial charge in [-0.25, -0.2) is 4.98 Å². The standard InChI is InChI=1S/C21H20N6O3S2/c1-27-17(11-22-19(29)13-7-9-14(30-2)10-8-13)25-26-21(27)31-12-18(28)24-20-23-15-5-3-4-6-16(15)32-20/h3-10H,11-12H2,1-2H3,(H,22,29)(H,23,24,28). The van der Waals surface area contributed by atoms with Crippen LogP contribution in [-0.2, 0) is 18.4 Å². The van der Waals surface area contributed by atoms with Crippen LogP contribution < -0.4 is 15.4 Å². The molecule has 4 aromatic rings. The van der Waals surface area contributed by atoms with Gasteiger partial charge in [0.15, 0.2) is 16.1 Å². The average Bonchev–Trinajstić information content (AvgIpc) is 3.38. The minimum absolute atomic E-state index is 0.167. The molecule has 0 unspecified atom stereocenters. The number of nitrogens with zero attached hydrogens (tertiary/aromatic N) is 4. The molecular formula is C21H20N6O3S2. The van der Waals surface area contributed by atoms with E-state index in [9.17, 15) is 9.59 Å². The summed E-state index contributed by atoms with van der Waals surface area (Å²) >= 11 is 2.70. The molecule has 0 aliphatic carbocycles. The summed E-state index contributed by atoms with van der Waals surface area (Å²) in [5.74, 6) is 1.04. The Hall–Kier alpha value is -3.44. The third kappa shape index (κ3) is 5.06. The maximum absolute atomic E-state index is 12.3. The van der Waals surface area contributed by atoms with E-state index in [-0.39, 0.29) is 24.1 Å². The van der Waals surface area contributed by atoms with Crippen molar-refractivity contribution in [1.82, 2.24) is 25.1 Å². The van der Waals surface area contributed by atoms with E-state index in [0.29, 0.717) is 27.4 Å². The van der Waals surface area contributed by atoms with Crippen molar-refractivity contribution in [3.8, 4) is 5.75 Å². The number of aromatic nitrogens is 4. The predicted molar refractivity (Wildman–Crippen MR) is 124 cm³/mol. The van der Waals surface area contributed by atoms with Crippen molar-refractivity contribution in [2.24, 2.45) is 7.05 Å². The average molecular weight is 469 g/mol. The molecule has 0 spiro atoms. The fraction of sp³-hybridized carbons (Fsp3) is 0.190. The Morgan fingerprint density at radius 1 is 1.12 bits per heavy atom. The summed E-state index contributed by atoms with van der Waals surface area (Å²) in [5, 5.41) is 15.0. The van der Waals surface area contributed by atoms with Crippen LogP contribution >= 0.6 is 23.1 Å². The van der Waals surface area contributed by atoms with E-state index >= 15 is 0 Å². The zero-order valence-corrected chi connectivity index (χ0v) is 19.0. The molecule has 9 nitrogen and oxygen atoms in total. The van der Waals surface area contributed by atoms with E-state index in [0.717, 1.165) is 10.2 Å². The van der Waals surface area contributed by atoms with Crippen molar-refractivity contribution in [2.75, 3.05) is 18.2 Å². The molecule has 2 N–H and O–H groups in total. The van der Waals surface area contributed by atoms with Crippen LogP contribution in [0.15, 0.2) is 53.7 Å². The quantitative estimate of drug-likeness (QED) is 0.382. The van der Waals surface area contributed by atoms with Crippen LogP contribution in [0.2, 0.25) is 0 Å². The molecule has 11 heteroatoms. The van der Waals surface area contributed by atoms with E-state index in [2.05, 4.69) is 25.8 Å². The first-order chi connectivity index (χ1) is 15.5. The van der Waals surface area contributed by atoms with Gasteiger partial charge in [0.05, 0.1) is 29.6 Å². The number of benzene rings is 2. The number of rotatable bonds is 8. The molecule has 2 heterocycles. The van der Waals surface area contributed by atoms with Crippen molar-refractivity contribution >= 4 is 50.3 Å². The summed E-state index contributed by atoms with van der Waals surface area (Å²) in [5.41, 5.74) is 1.38. The molecule has 0 saturated carbocycles. The molecule has 2 aromatic carbocycles. The molecule has 0 atom stereocenters. The number of thioether (sulfide) groups is 1. The Kier molecular flexibility index (Phi) is 6.66. The summed E-state index contributed by atoms with van der Waals surface area (Å²) < 4.78 is 7.87. The third-order valence-corrected chi connectivity index (χ3v) is 6.53. The first kappa shape index (κ1) is 21.8. The number of anilines is 1. The van der Waals surface area contributed by atoms with Gasteiger partial charge < -0.3 is 19.9 Å². The predicted octanol–water partition coefficient (Wildman–Crippen LogP) is 3.09. The molecule has 0 aliphatic heterocycles.